The molecule has 30 heavy (non-hydrogen) atoms. The molecule has 1 unspecified atom stereocenters. The van der Waals surface area contributed by atoms with Crippen molar-refractivity contribution in [1.82, 2.24) is 4.57 Å². The van der Waals surface area contributed by atoms with E-state index in [2.05, 4.69) is 0 Å². The second kappa shape index (κ2) is 8.51. The highest BCUT2D eigenvalue weighted by Crippen LogP contribution is 2.23. The summed E-state index contributed by atoms with van der Waals surface area (Å²) in [5.74, 6) is -1.37. The molecule has 0 saturated carbocycles. The number of benzene rings is 2. The summed E-state index contributed by atoms with van der Waals surface area (Å²) < 4.78 is 38.6. The number of aliphatic hydroxyl groups is 1. The van der Waals surface area contributed by atoms with Crippen LogP contribution in [0.3, 0.4) is 0 Å². The summed E-state index contributed by atoms with van der Waals surface area (Å²) in [4.78, 5) is 12.9. The minimum Gasteiger partial charge on any atom is -0.387 e. The van der Waals surface area contributed by atoms with E-state index in [1.165, 1.54) is 12.1 Å². The molecule has 0 aliphatic rings. The van der Waals surface area contributed by atoms with E-state index in [-0.39, 0.29) is 17.8 Å². The number of carbonyl (C=O) groups is 1. The molecule has 0 radical (unpaired) electrons. The van der Waals surface area contributed by atoms with E-state index < -0.39 is 27.7 Å². The van der Waals surface area contributed by atoms with Gasteiger partial charge in [-0.1, -0.05) is 42.5 Å². The molecule has 0 amide bonds. The third kappa shape index (κ3) is 4.84. The van der Waals surface area contributed by atoms with E-state index in [4.69, 9.17) is 5.14 Å². The maximum Gasteiger partial charge on any atom is 0.211 e. The lowest BCUT2D eigenvalue weighted by Gasteiger charge is -2.12. The number of rotatable bonds is 7. The molecule has 1 heterocycles. The van der Waals surface area contributed by atoms with E-state index in [9.17, 15) is 22.7 Å². The van der Waals surface area contributed by atoms with Crippen molar-refractivity contribution in [2.45, 2.75) is 19.4 Å². The zero-order valence-corrected chi connectivity index (χ0v) is 17.5. The second-order valence-corrected chi connectivity index (χ2v) is 8.95. The molecule has 1 atom stereocenters. The Morgan fingerprint density at radius 2 is 1.83 bits per heavy atom. The van der Waals surface area contributed by atoms with Crippen LogP contribution in [0.4, 0.5) is 4.39 Å². The van der Waals surface area contributed by atoms with Crippen LogP contribution in [0.2, 0.25) is 0 Å². The first-order valence-electron chi connectivity index (χ1n) is 9.28. The first-order chi connectivity index (χ1) is 14.1. The van der Waals surface area contributed by atoms with Gasteiger partial charge in [0.25, 0.3) is 0 Å². The molecule has 6 nitrogen and oxygen atoms in total. The van der Waals surface area contributed by atoms with Gasteiger partial charge < -0.3 is 9.67 Å². The molecular weight excluding hydrogens is 407 g/mol. The Kier molecular flexibility index (Phi) is 6.21. The third-order valence-corrected chi connectivity index (χ3v) is 5.78. The van der Waals surface area contributed by atoms with Crippen molar-refractivity contribution in [3.8, 4) is 0 Å². The van der Waals surface area contributed by atoms with E-state index in [0.29, 0.717) is 16.8 Å². The van der Waals surface area contributed by atoms with E-state index in [1.807, 2.05) is 19.1 Å². The average Bonchev–Trinajstić information content (AvgIpc) is 2.95. The van der Waals surface area contributed by atoms with Gasteiger partial charge in [0.1, 0.15) is 5.82 Å². The summed E-state index contributed by atoms with van der Waals surface area (Å²) >= 11 is 0. The topological polar surface area (TPSA) is 102 Å². The van der Waals surface area contributed by atoms with Crippen molar-refractivity contribution in [1.29, 1.82) is 0 Å². The SMILES string of the molecule is Cc1cc(Cc2ccc(C(O)CS(N)(=O)=O)cc2F)n(C)c1C(=O)c1ccccc1. The Morgan fingerprint density at radius 1 is 1.17 bits per heavy atom. The number of ketones is 1. The summed E-state index contributed by atoms with van der Waals surface area (Å²) in [6, 6.07) is 14.9. The molecule has 0 saturated heterocycles. The Bertz CT molecular complexity index is 1190. The molecular formula is C22H23FN2O4S. The normalized spacial score (nSPS) is 12.7. The summed E-state index contributed by atoms with van der Waals surface area (Å²) in [5.41, 5.74) is 3.16. The van der Waals surface area contributed by atoms with Crippen molar-refractivity contribution in [3.63, 3.8) is 0 Å². The van der Waals surface area contributed by atoms with Crippen molar-refractivity contribution < 1.29 is 22.7 Å². The molecule has 0 fully saturated rings. The molecule has 0 aliphatic carbocycles. The van der Waals surface area contributed by atoms with Gasteiger partial charge in [-0.3, -0.25) is 4.79 Å². The lowest BCUT2D eigenvalue weighted by Crippen LogP contribution is -2.21. The number of carbonyl (C=O) groups excluding carboxylic acids is 1. The number of aliphatic hydroxyl groups excluding tert-OH is 1. The first-order valence-corrected chi connectivity index (χ1v) is 11.0. The second-order valence-electron chi connectivity index (χ2n) is 7.29. The number of halogens is 1. The molecule has 3 aromatic rings. The maximum absolute atomic E-state index is 14.6. The molecule has 0 bridgehead atoms. The van der Waals surface area contributed by atoms with Gasteiger partial charge in [0.05, 0.1) is 17.6 Å². The quantitative estimate of drug-likeness (QED) is 0.563. The monoisotopic (exact) mass is 430 g/mol. The van der Waals surface area contributed by atoms with Crippen LogP contribution in [0.25, 0.3) is 0 Å². The maximum atomic E-state index is 14.6. The van der Waals surface area contributed by atoms with Gasteiger partial charge in [-0.25, -0.2) is 17.9 Å². The minimum atomic E-state index is -3.89. The zero-order chi connectivity index (χ0) is 22.1. The summed E-state index contributed by atoms with van der Waals surface area (Å²) in [7, 11) is -2.12. The molecule has 8 heteroatoms. The predicted octanol–water partition coefficient (Wildman–Crippen LogP) is 2.62. The Hall–Kier alpha value is -2.81. The molecule has 3 N–H and O–H groups in total. The standard InChI is InChI=1S/C22H23FN2O4S/c1-14-10-18(25(2)21(14)22(27)15-6-4-3-5-7-15)11-16-8-9-17(12-19(16)23)20(26)13-30(24,28)29/h3-10,12,20,26H,11,13H2,1-2H3,(H2,24,28,29). The van der Waals surface area contributed by atoms with Crippen molar-refractivity contribution in [2.75, 3.05) is 5.75 Å². The number of hydrogen-bond donors (Lipinski definition) is 2. The van der Waals surface area contributed by atoms with Gasteiger partial charge in [0.15, 0.2) is 0 Å². The van der Waals surface area contributed by atoms with Gasteiger partial charge in [0.2, 0.25) is 15.8 Å². The third-order valence-electron chi connectivity index (χ3n) is 5.00. The highest BCUT2D eigenvalue weighted by molar-refractivity contribution is 7.89. The van der Waals surface area contributed by atoms with Gasteiger partial charge >= 0.3 is 0 Å². The average molecular weight is 431 g/mol. The molecule has 0 spiro atoms. The van der Waals surface area contributed by atoms with Gasteiger partial charge in [-0.05, 0) is 35.7 Å². The smallest absolute Gasteiger partial charge is 0.211 e. The van der Waals surface area contributed by atoms with Gasteiger partial charge in [0, 0.05) is 24.7 Å². The van der Waals surface area contributed by atoms with Crippen molar-refractivity contribution in [3.05, 3.63) is 94.1 Å². The number of sulfonamides is 1. The largest absolute Gasteiger partial charge is 0.387 e. The Balaban J connectivity index is 1.86. The van der Waals surface area contributed by atoms with Crippen LogP contribution < -0.4 is 5.14 Å². The van der Waals surface area contributed by atoms with Crippen LogP contribution >= 0.6 is 0 Å². The highest BCUT2D eigenvalue weighted by atomic mass is 32.2. The van der Waals surface area contributed by atoms with E-state index >= 15 is 0 Å². The van der Waals surface area contributed by atoms with Crippen LogP contribution in [0, 0.1) is 12.7 Å². The van der Waals surface area contributed by atoms with E-state index in [0.717, 1.165) is 17.3 Å². The lowest BCUT2D eigenvalue weighted by molar-refractivity contribution is 0.103. The fourth-order valence-corrected chi connectivity index (χ4v) is 4.11. The Labute approximate surface area is 174 Å². The number of primary sulfonamides is 1. The van der Waals surface area contributed by atoms with Gasteiger partial charge in [-0.15, -0.1) is 0 Å². The fourth-order valence-electron chi connectivity index (χ4n) is 3.48. The predicted molar refractivity (Wildman–Crippen MR) is 112 cm³/mol. The molecule has 1 aromatic heterocycles. The van der Waals surface area contributed by atoms with Gasteiger partial charge in [-0.2, -0.15) is 0 Å². The Morgan fingerprint density at radius 3 is 2.43 bits per heavy atom. The van der Waals surface area contributed by atoms with Crippen LogP contribution in [0.1, 0.15) is 44.5 Å². The number of nitrogens with two attached hydrogens (primary N) is 1. The first kappa shape index (κ1) is 21.9. The zero-order valence-electron chi connectivity index (χ0n) is 16.7. The van der Waals surface area contributed by atoms with Crippen LogP contribution in [-0.2, 0) is 23.5 Å². The number of hydrogen-bond acceptors (Lipinski definition) is 4. The fraction of sp³-hybridized carbons (Fsp3) is 0.227. The summed E-state index contributed by atoms with van der Waals surface area (Å²) in [6.45, 7) is 1.84. The highest BCUT2D eigenvalue weighted by Gasteiger charge is 2.20. The van der Waals surface area contributed by atoms with Crippen molar-refractivity contribution in [2.24, 2.45) is 12.2 Å². The molecule has 2 aromatic carbocycles. The molecule has 0 aliphatic heterocycles. The van der Waals surface area contributed by atoms with Crippen molar-refractivity contribution >= 4 is 15.8 Å². The molecule has 158 valence electrons. The van der Waals surface area contributed by atoms with Crippen LogP contribution in [-0.4, -0.2) is 29.6 Å². The lowest BCUT2D eigenvalue weighted by atomic mass is 10.0. The minimum absolute atomic E-state index is 0.108. The van der Waals surface area contributed by atoms with Crippen LogP contribution in [0.15, 0.2) is 54.6 Å². The summed E-state index contributed by atoms with van der Waals surface area (Å²) in [5, 5.41) is 14.9. The van der Waals surface area contributed by atoms with Crippen LogP contribution in [0.5, 0.6) is 0 Å². The summed E-state index contributed by atoms with van der Waals surface area (Å²) in [6.07, 6.45) is -1.17. The van der Waals surface area contributed by atoms with E-state index in [1.54, 1.807) is 35.9 Å². The number of aryl methyl sites for hydroxylation is 1. The number of aromatic nitrogens is 1. The molecule has 3 rings (SSSR count). The number of nitrogens with zero attached hydrogens (tertiary/aromatic N) is 1.